The molecular formula is C14H18BrNOS2. The van der Waals surface area contributed by atoms with Crippen molar-refractivity contribution in [3.05, 3.63) is 37.1 Å². The van der Waals surface area contributed by atoms with Crippen molar-refractivity contribution in [1.29, 1.82) is 0 Å². The summed E-state index contributed by atoms with van der Waals surface area (Å²) in [5.41, 5.74) is 0. The van der Waals surface area contributed by atoms with Crippen LogP contribution in [0.5, 0.6) is 5.75 Å². The van der Waals surface area contributed by atoms with E-state index < -0.39 is 0 Å². The van der Waals surface area contributed by atoms with E-state index in [-0.39, 0.29) is 0 Å². The fourth-order valence-electron chi connectivity index (χ4n) is 1.87. The van der Waals surface area contributed by atoms with Crippen LogP contribution >= 0.6 is 38.6 Å². The summed E-state index contributed by atoms with van der Waals surface area (Å²) in [6.45, 7) is 3.23. The summed E-state index contributed by atoms with van der Waals surface area (Å²) in [4.78, 5) is 2.73. The van der Waals surface area contributed by atoms with Gasteiger partial charge in [-0.2, -0.15) is 0 Å². The molecule has 0 radical (unpaired) electrons. The van der Waals surface area contributed by atoms with Crippen LogP contribution in [-0.4, -0.2) is 13.7 Å². The van der Waals surface area contributed by atoms with Gasteiger partial charge in [-0.3, -0.25) is 0 Å². The fraction of sp³-hybridized carbons (Fsp3) is 0.429. The average molecular weight is 360 g/mol. The first-order chi connectivity index (χ1) is 9.24. The van der Waals surface area contributed by atoms with E-state index in [2.05, 4.69) is 51.1 Å². The van der Waals surface area contributed by atoms with Crippen molar-refractivity contribution in [3.8, 4) is 5.75 Å². The maximum atomic E-state index is 5.28. The summed E-state index contributed by atoms with van der Waals surface area (Å²) in [6.07, 6.45) is 2.16. The molecule has 0 saturated carbocycles. The lowest BCUT2D eigenvalue weighted by molar-refractivity contribution is 0.415. The summed E-state index contributed by atoms with van der Waals surface area (Å²) in [5, 5.41) is 7.83. The summed E-state index contributed by atoms with van der Waals surface area (Å²) < 4.78 is 6.50. The Morgan fingerprint density at radius 1 is 1.42 bits per heavy atom. The minimum Gasteiger partial charge on any atom is -0.496 e. The molecule has 2 aromatic heterocycles. The van der Waals surface area contributed by atoms with Crippen LogP contribution in [0.15, 0.2) is 27.4 Å². The Morgan fingerprint density at radius 2 is 2.26 bits per heavy atom. The van der Waals surface area contributed by atoms with E-state index in [1.807, 2.05) is 0 Å². The Kier molecular flexibility index (Phi) is 5.88. The third-order valence-electron chi connectivity index (χ3n) is 2.90. The van der Waals surface area contributed by atoms with E-state index in [0.717, 1.165) is 25.1 Å². The highest BCUT2D eigenvalue weighted by Gasteiger charge is 2.16. The molecule has 0 amide bonds. The largest absolute Gasteiger partial charge is 0.496 e. The second-order valence-electron chi connectivity index (χ2n) is 4.29. The molecule has 2 aromatic rings. The molecule has 2 nitrogen and oxygen atoms in total. The number of hydrogen-bond acceptors (Lipinski definition) is 4. The van der Waals surface area contributed by atoms with Crippen LogP contribution in [0.2, 0.25) is 0 Å². The second-order valence-corrected chi connectivity index (χ2v) is 7.09. The van der Waals surface area contributed by atoms with E-state index in [1.54, 1.807) is 29.8 Å². The number of thiophene rings is 2. The van der Waals surface area contributed by atoms with Crippen LogP contribution in [-0.2, 0) is 6.42 Å². The number of ether oxygens (including phenoxy) is 1. The van der Waals surface area contributed by atoms with Gasteiger partial charge in [-0.25, -0.2) is 0 Å². The monoisotopic (exact) mass is 359 g/mol. The normalized spacial score (nSPS) is 12.6. The van der Waals surface area contributed by atoms with Gasteiger partial charge in [-0.1, -0.05) is 6.92 Å². The molecule has 0 aromatic carbocycles. The SMILES string of the molecule is CCCNC(Cc1sccc1Br)c1cc(OC)cs1. The molecule has 1 unspecified atom stereocenters. The smallest absolute Gasteiger partial charge is 0.129 e. The fourth-order valence-corrected chi connectivity index (χ4v) is 4.37. The molecule has 0 aliphatic heterocycles. The van der Waals surface area contributed by atoms with E-state index in [4.69, 9.17) is 4.74 Å². The Hall–Kier alpha value is -0.360. The van der Waals surface area contributed by atoms with Crippen LogP contribution < -0.4 is 10.1 Å². The highest BCUT2D eigenvalue weighted by atomic mass is 79.9. The number of methoxy groups -OCH3 is 1. The molecule has 1 atom stereocenters. The lowest BCUT2D eigenvalue weighted by atomic mass is 10.1. The van der Waals surface area contributed by atoms with Crippen LogP contribution in [0.3, 0.4) is 0 Å². The molecule has 0 aliphatic carbocycles. The minimum atomic E-state index is 0.365. The highest BCUT2D eigenvalue weighted by molar-refractivity contribution is 9.10. The number of halogens is 1. The predicted molar refractivity (Wildman–Crippen MR) is 87.6 cm³/mol. The van der Waals surface area contributed by atoms with E-state index >= 15 is 0 Å². The predicted octanol–water partition coefficient (Wildman–Crippen LogP) is 4.86. The van der Waals surface area contributed by atoms with Crippen molar-refractivity contribution in [2.24, 2.45) is 0 Å². The first kappa shape index (κ1) is 15.0. The Morgan fingerprint density at radius 3 is 2.84 bits per heavy atom. The van der Waals surface area contributed by atoms with Gasteiger partial charge in [0.15, 0.2) is 0 Å². The molecule has 0 bridgehead atoms. The van der Waals surface area contributed by atoms with Crippen molar-refractivity contribution in [1.82, 2.24) is 5.32 Å². The summed E-state index contributed by atoms with van der Waals surface area (Å²) in [7, 11) is 1.72. The maximum Gasteiger partial charge on any atom is 0.129 e. The molecule has 19 heavy (non-hydrogen) atoms. The third-order valence-corrected chi connectivity index (χ3v) is 5.87. The second kappa shape index (κ2) is 7.43. The Bertz CT molecular complexity index is 509. The van der Waals surface area contributed by atoms with Crippen LogP contribution in [0.4, 0.5) is 0 Å². The zero-order valence-corrected chi connectivity index (χ0v) is 14.3. The lowest BCUT2D eigenvalue weighted by Crippen LogP contribution is -2.23. The summed E-state index contributed by atoms with van der Waals surface area (Å²) >= 11 is 7.18. The molecule has 0 spiro atoms. The molecule has 5 heteroatoms. The van der Waals surface area contributed by atoms with E-state index in [0.29, 0.717) is 6.04 Å². The van der Waals surface area contributed by atoms with Crippen molar-refractivity contribution in [2.75, 3.05) is 13.7 Å². The van der Waals surface area contributed by atoms with Crippen molar-refractivity contribution in [3.63, 3.8) is 0 Å². The van der Waals surface area contributed by atoms with Crippen molar-refractivity contribution < 1.29 is 4.74 Å². The zero-order valence-electron chi connectivity index (χ0n) is 11.1. The molecule has 0 fully saturated rings. The van der Waals surface area contributed by atoms with Gasteiger partial charge >= 0.3 is 0 Å². The van der Waals surface area contributed by atoms with Gasteiger partial charge < -0.3 is 10.1 Å². The topological polar surface area (TPSA) is 21.3 Å². The summed E-state index contributed by atoms with van der Waals surface area (Å²) in [5.74, 6) is 0.952. The van der Waals surface area contributed by atoms with Gasteiger partial charge in [-0.15, -0.1) is 22.7 Å². The quantitative estimate of drug-likeness (QED) is 0.761. The third kappa shape index (κ3) is 4.05. The van der Waals surface area contributed by atoms with Gasteiger partial charge in [0.1, 0.15) is 5.75 Å². The first-order valence-corrected chi connectivity index (χ1v) is 8.87. The van der Waals surface area contributed by atoms with E-state index in [1.165, 1.54) is 14.2 Å². The lowest BCUT2D eigenvalue weighted by Gasteiger charge is -2.16. The van der Waals surface area contributed by atoms with Crippen LogP contribution in [0.25, 0.3) is 0 Å². The average Bonchev–Trinajstić information content (AvgIpc) is 3.04. The van der Waals surface area contributed by atoms with Gasteiger partial charge in [0.2, 0.25) is 0 Å². The zero-order chi connectivity index (χ0) is 13.7. The summed E-state index contributed by atoms with van der Waals surface area (Å²) in [6, 6.07) is 4.62. The van der Waals surface area contributed by atoms with Crippen molar-refractivity contribution >= 4 is 38.6 Å². The number of rotatable bonds is 7. The van der Waals surface area contributed by atoms with Crippen LogP contribution in [0.1, 0.15) is 29.1 Å². The molecular weight excluding hydrogens is 342 g/mol. The minimum absolute atomic E-state index is 0.365. The molecule has 0 aliphatic rings. The number of hydrogen-bond donors (Lipinski definition) is 1. The van der Waals surface area contributed by atoms with Gasteiger partial charge in [-0.05, 0) is 46.4 Å². The Labute approximate surface area is 130 Å². The molecule has 1 N–H and O–H groups in total. The number of nitrogens with one attached hydrogen (secondary N) is 1. The molecule has 2 heterocycles. The van der Waals surface area contributed by atoms with Crippen molar-refractivity contribution in [2.45, 2.75) is 25.8 Å². The van der Waals surface area contributed by atoms with Gasteiger partial charge in [0.05, 0.1) is 7.11 Å². The standard InChI is InChI=1S/C14H18BrNOS2/c1-3-5-16-12(8-13-11(15)4-6-18-13)14-7-10(17-2)9-19-14/h4,6-7,9,12,16H,3,5,8H2,1-2H3. The maximum absolute atomic E-state index is 5.28. The van der Waals surface area contributed by atoms with Gasteiger partial charge in [0, 0.05) is 32.1 Å². The van der Waals surface area contributed by atoms with Gasteiger partial charge in [0.25, 0.3) is 0 Å². The molecule has 0 saturated heterocycles. The van der Waals surface area contributed by atoms with Crippen LogP contribution in [0, 0.1) is 0 Å². The first-order valence-electron chi connectivity index (χ1n) is 6.32. The molecule has 104 valence electrons. The highest BCUT2D eigenvalue weighted by Crippen LogP contribution is 2.32. The Balaban J connectivity index is 2.13. The van der Waals surface area contributed by atoms with E-state index in [9.17, 15) is 0 Å². The molecule has 2 rings (SSSR count).